The maximum atomic E-state index is 12.2. The van der Waals surface area contributed by atoms with Crippen molar-refractivity contribution < 1.29 is 8.78 Å². The lowest BCUT2D eigenvalue weighted by Crippen LogP contribution is -2.33. The molecule has 0 unspecified atom stereocenters. The molecule has 3 N–H and O–H groups in total. The summed E-state index contributed by atoms with van der Waals surface area (Å²) in [6.45, 7) is 0. The molecule has 21 heavy (non-hydrogen) atoms. The molecule has 110 valence electrons. The molecule has 2 aromatic rings. The van der Waals surface area contributed by atoms with Crippen LogP contribution in [0.25, 0.3) is 0 Å². The van der Waals surface area contributed by atoms with Crippen LogP contribution in [-0.4, -0.2) is 10.9 Å². The first-order valence-corrected chi connectivity index (χ1v) is 7.35. The number of benzene rings is 2. The highest BCUT2D eigenvalue weighted by Gasteiger charge is 2.05. The molecule has 0 bridgehead atoms. The second-order valence-electron chi connectivity index (χ2n) is 3.97. The quantitative estimate of drug-likeness (QED) is 0.434. The van der Waals surface area contributed by atoms with Crippen LogP contribution in [0.5, 0.6) is 0 Å². The smallest absolute Gasteiger partial charge is 0.288 e. The third kappa shape index (κ3) is 5.57. The van der Waals surface area contributed by atoms with Crippen LogP contribution in [-0.2, 0) is 0 Å². The highest BCUT2D eigenvalue weighted by Crippen LogP contribution is 2.26. The van der Waals surface area contributed by atoms with Gasteiger partial charge in [0.25, 0.3) is 5.76 Å². The summed E-state index contributed by atoms with van der Waals surface area (Å²) in [6, 6.07) is 16.1. The Bertz CT molecular complexity index is 577. The van der Waals surface area contributed by atoms with Crippen LogP contribution < -0.4 is 16.2 Å². The summed E-state index contributed by atoms with van der Waals surface area (Å²) in [5.41, 5.74) is 7.39. The number of hydrogen-bond acceptors (Lipinski definition) is 3. The van der Waals surface area contributed by atoms with Crippen molar-refractivity contribution >= 4 is 40.5 Å². The summed E-state index contributed by atoms with van der Waals surface area (Å²) in [6.07, 6.45) is 0. The van der Waals surface area contributed by atoms with E-state index in [0.29, 0.717) is 21.8 Å². The summed E-state index contributed by atoms with van der Waals surface area (Å²) in [4.78, 5) is 0.511. The Morgan fingerprint density at radius 3 is 2.24 bits per heavy atom. The number of nitrogens with one attached hydrogen (secondary N) is 3. The number of rotatable bonds is 5. The number of thiocarbonyl (C=S) groups is 1. The van der Waals surface area contributed by atoms with Gasteiger partial charge in [0, 0.05) is 10.6 Å². The van der Waals surface area contributed by atoms with Gasteiger partial charge >= 0.3 is 0 Å². The molecule has 0 aliphatic heterocycles. The molecule has 0 aliphatic carbocycles. The number of anilines is 2. The van der Waals surface area contributed by atoms with Crippen molar-refractivity contribution in [3.05, 3.63) is 54.6 Å². The van der Waals surface area contributed by atoms with Crippen LogP contribution in [0.2, 0.25) is 0 Å². The van der Waals surface area contributed by atoms with E-state index in [1.807, 2.05) is 30.3 Å². The highest BCUT2D eigenvalue weighted by atomic mass is 32.2. The number of para-hydroxylation sites is 1. The molecule has 2 aromatic carbocycles. The van der Waals surface area contributed by atoms with E-state index in [2.05, 4.69) is 16.2 Å². The van der Waals surface area contributed by atoms with Crippen molar-refractivity contribution in [3.63, 3.8) is 0 Å². The predicted octanol–water partition coefficient (Wildman–Crippen LogP) is 4.31. The minimum absolute atomic E-state index is 0.383. The Morgan fingerprint density at radius 2 is 1.62 bits per heavy atom. The second-order valence-corrected chi connectivity index (χ2v) is 5.44. The van der Waals surface area contributed by atoms with Crippen LogP contribution in [0.15, 0.2) is 59.5 Å². The summed E-state index contributed by atoms with van der Waals surface area (Å²) in [5, 5.41) is 3.34. The van der Waals surface area contributed by atoms with Crippen LogP contribution in [0.3, 0.4) is 0 Å². The number of hydrazine groups is 1. The Balaban J connectivity index is 1.82. The van der Waals surface area contributed by atoms with E-state index in [-0.39, 0.29) is 0 Å². The van der Waals surface area contributed by atoms with Gasteiger partial charge in [0.2, 0.25) is 0 Å². The minimum atomic E-state index is -2.42. The summed E-state index contributed by atoms with van der Waals surface area (Å²) < 4.78 is 24.4. The Labute approximate surface area is 131 Å². The highest BCUT2D eigenvalue weighted by molar-refractivity contribution is 7.99. The lowest BCUT2D eigenvalue weighted by Gasteiger charge is -2.12. The third-order valence-electron chi connectivity index (χ3n) is 2.43. The second kappa shape index (κ2) is 7.80. The zero-order valence-corrected chi connectivity index (χ0v) is 12.5. The summed E-state index contributed by atoms with van der Waals surface area (Å²) in [5.74, 6) is -2.42. The fourth-order valence-electron chi connectivity index (χ4n) is 1.53. The number of hydrogen-bond donors (Lipinski definition) is 3. The summed E-state index contributed by atoms with van der Waals surface area (Å²) >= 11 is 5.64. The first-order chi connectivity index (χ1) is 10.1. The van der Waals surface area contributed by atoms with Crippen molar-refractivity contribution in [2.45, 2.75) is 10.7 Å². The van der Waals surface area contributed by atoms with E-state index in [0.717, 1.165) is 11.4 Å². The van der Waals surface area contributed by atoms with Crippen LogP contribution >= 0.6 is 24.0 Å². The Morgan fingerprint density at radius 1 is 0.952 bits per heavy atom. The van der Waals surface area contributed by atoms with Crippen molar-refractivity contribution in [2.75, 3.05) is 10.7 Å². The average molecular weight is 325 g/mol. The molecule has 7 heteroatoms. The Hall–Kier alpha value is -1.86. The molecular formula is C14H13F2N3S2. The van der Waals surface area contributed by atoms with Gasteiger partial charge in [-0.2, -0.15) is 8.78 Å². The molecule has 0 aromatic heterocycles. The predicted molar refractivity (Wildman–Crippen MR) is 87.7 cm³/mol. The van der Waals surface area contributed by atoms with E-state index in [9.17, 15) is 8.78 Å². The lowest BCUT2D eigenvalue weighted by atomic mass is 10.3. The van der Waals surface area contributed by atoms with Crippen molar-refractivity contribution in [3.8, 4) is 0 Å². The number of halogens is 2. The first-order valence-electron chi connectivity index (χ1n) is 6.06. The van der Waals surface area contributed by atoms with Gasteiger partial charge in [-0.05, 0) is 48.6 Å². The van der Waals surface area contributed by atoms with Gasteiger partial charge < -0.3 is 5.32 Å². The number of thioether (sulfide) groups is 1. The van der Waals surface area contributed by atoms with E-state index in [1.54, 1.807) is 24.3 Å². The maximum absolute atomic E-state index is 12.2. The van der Waals surface area contributed by atoms with Crippen LogP contribution in [0.1, 0.15) is 0 Å². The van der Waals surface area contributed by atoms with E-state index in [4.69, 9.17) is 12.2 Å². The molecule has 0 heterocycles. The lowest BCUT2D eigenvalue weighted by molar-refractivity contribution is 0.252. The van der Waals surface area contributed by atoms with Crippen molar-refractivity contribution in [2.24, 2.45) is 0 Å². The topological polar surface area (TPSA) is 36.1 Å². The van der Waals surface area contributed by atoms with E-state index < -0.39 is 5.76 Å². The van der Waals surface area contributed by atoms with Gasteiger partial charge in [0.15, 0.2) is 5.11 Å². The molecule has 0 radical (unpaired) electrons. The van der Waals surface area contributed by atoms with E-state index in [1.165, 1.54) is 0 Å². The molecule has 0 saturated carbocycles. The molecular weight excluding hydrogens is 312 g/mol. The average Bonchev–Trinajstić information content (AvgIpc) is 2.48. The van der Waals surface area contributed by atoms with Gasteiger partial charge in [0.05, 0.1) is 5.69 Å². The van der Waals surface area contributed by atoms with E-state index >= 15 is 0 Å². The largest absolute Gasteiger partial charge is 0.331 e. The molecule has 0 aliphatic rings. The molecule has 3 nitrogen and oxygen atoms in total. The Kier molecular flexibility index (Phi) is 5.77. The zero-order chi connectivity index (χ0) is 15.1. The third-order valence-corrected chi connectivity index (χ3v) is 3.36. The van der Waals surface area contributed by atoms with Gasteiger partial charge in [-0.1, -0.05) is 30.0 Å². The standard InChI is InChI=1S/C14H13F2N3S2/c15-13(16)21-12-8-6-10(7-9-12)17-14(20)19-18-11-4-2-1-3-5-11/h1-9,13,18H,(H2,17,19,20). The molecule has 0 saturated heterocycles. The maximum Gasteiger partial charge on any atom is 0.288 e. The molecule has 0 spiro atoms. The number of alkyl halides is 2. The molecule has 0 atom stereocenters. The van der Waals surface area contributed by atoms with Gasteiger partial charge in [0.1, 0.15) is 0 Å². The van der Waals surface area contributed by atoms with Crippen LogP contribution in [0.4, 0.5) is 20.2 Å². The zero-order valence-electron chi connectivity index (χ0n) is 10.8. The van der Waals surface area contributed by atoms with Gasteiger partial charge in [-0.25, -0.2) is 0 Å². The minimum Gasteiger partial charge on any atom is -0.331 e. The normalized spacial score (nSPS) is 10.2. The summed E-state index contributed by atoms with van der Waals surface area (Å²) in [7, 11) is 0. The SMILES string of the molecule is FC(F)Sc1ccc(NC(=S)NNc2ccccc2)cc1. The van der Waals surface area contributed by atoms with Crippen molar-refractivity contribution in [1.29, 1.82) is 0 Å². The van der Waals surface area contributed by atoms with Crippen molar-refractivity contribution in [1.82, 2.24) is 5.43 Å². The first kappa shape index (κ1) is 15.5. The monoisotopic (exact) mass is 325 g/mol. The fourth-order valence-corrected chi connectivity index (χ4v) is 2.20. The fraction of sp³-hybridized carbons (Fsp3) is 0.0714. The van der Waals surface area contributed by atoms with Gasteiger partial charge in [-0.3, -0.25) is 10.9 Å². The van der Waals surface area contributed by atoms with Gasteiger partial charge in [-0.15, -0.1) is 0 Å². The van der Waals surface area contributed by atoms with Crippen LogP contribution in [0, 0.1) is 0 Å². The molecule has 0 amide bonds. The molecule has 0 fully saturated rings. The molecule has 2 rings (SSSR count).